The lowest BCUT2D eigenvalue weighted by atomic mass is 10.2. The monoisotopic (exact) mass is 366 g/mol. The van der Waals surface area contributed by atoms with Gasteiger partial charge in [-0.25, -0.2) is 4.39 Å². The number of aromatic nitrogens is 1. The first-order valence-electron chi connectivity index (χ1n) is 8.86. The number of hydrogen-bond acceptors (Lipinski definition) is 3. The minimum absolute atomic E-state index is 0.191. The average molecular weight is 366 g/mol. The van der Waals surface area contributed by atoms with Gasteiger partial charge in [-0.05, 0) is 23.8 Å². The van der Waals surface area contributed by atoms with Gasteiger partial charge in [-0.15, -0.1) is 0 Å². The Hall–Kier alpha value is -2.92. The molecule has 0 bridgehead atoms. The molecule has 0 amide bonds. The van der Waals surface area contributed by atoms with Crippen molar-refractivity contribution in [3.8, 4) is 0 Å². The van der Waals surface area contributed by atoms with E-state index < -0.39 is 0 Å². The topological polar surface area (TPSA) is 34.5 Å². The molecule has 27 heavy (non-hydrogen) atoms. The normalized spacial score (nSPS) is 10.9. The van der Waals surface area contributed by atoms with Gasteiger partial charge in [0.25, 0.3) is 0 Å². The van der Waals surface area contributed by atoms with Gasteiger partial charge in [0.05, 0.1) is 20.2 Å². The number of halogens is 1. The third-order valence-electron chi connectivity index (χ3n) is 4.44. The molecule has 1 aromatic heterocycles. The van der Waals surface area contributed by atoms with Crippen LogP contribution < -0.4 is 0 Å². The van der Waals surface area contributed by atoms with E-state index in [0.29, 0.717) is 25.2 Å². The molecule has 0 radical (unpaired) electrons. The zero-order chi connectivity index (χ0) is 19.1. The van der Waals surface area contributed by atoms with Gasteiger partial charge >= 0.3 is 5.97 Å². The van der Waals surface area contributed by atoms with E-state index in [0.717, 1.165) is 11.3 Å². The van der Waals surface area contributed by atoms with E-state index in [9.17, 15) is 9.18 Å². The van der Waals surface area contributed by atoms with Crippen LogP contribution in [0.15, 0.2) is 72.9 Å². The molecule has 0 aliphatic rings. The summed E-state index contributed by atoms with van der Waals surface area (Å²) in [6.45, 7) is 1.83. The number of carbonyl (C=O) groups excluding carboxylic acids is 1. The molecule has 0 aliphatic heterocycles. The van der Waals surface area contributed by atoms with Crippen LogP contribution in [0.2, 0.25) is 0 Å². The lowest BCUT2D eigenvalue weighted by Gasteiger charge is -2.22. The van der Waals surface area contributed by atoms with Crippen molar-refractivity contribution in [2.24, 2.45) is 0 Å². The fraction of sp³-hybridized carbons (Fsp3) is 0.227. The zero-order valence-corrected chi connectivity index (χ0v) is 15.3. The van der Waals surface area contributed by atoms with Crippen LogP contribution in [0.4, 0.5) is 4.39 Å². The van der Waals surface area contributed by atoms with E-state index in [4.69, 9.17) is 4.74 Å². The molecule has 0 atom stereocenters. The van der Waals surface area contributed by atoms with Crippen molar-refractivity contribution in [2.75, 3.05) is 13.7 Å². The maximum atomic E-state index is 14.0. The molecule has 0 unspecified atom stereocenters. The zero-order valence-electron chi connectivity index (χ0n) is 15.3. The highest BCUT2D eigenvalue weighted by Gasteiger charge is 2.15. The molecule has 140 valence electrons. The number of carbonyl (C=O) groups is 1. The maximum Gasteiger partial charge on any atom is 0.319 e. The summed E-state index contributed by atoms with van der Waals surface area (Å²) in [5, 5.41) is 0. The standard InChI is InChI=1S/C22H23FN2O2/c1-27-22(26)17-24(14-18-8-3-2-4-9-18)16-20-11-7-13-25(20)15-19-10-5-6-12-21(19)23/h2-13H,14-17H2,1H3. The lowest BCUT2D eigenvalue weighted by molar-refractivity contribution is -0.142. The second kappa shape index (κ2) is 9.14. The van der Waals surface area contributed by atoms with Gasteiger partial charge in [-0.1, -0.05) is 48.5 Å². The van der Waals surface area contributed by atoms with Crippen LogP contribution in [-0.4, -0.2) is 29.1 Å². The van der Waals surface area contributed by atoms with Gasteiger partial charge in [0, 0.05) is 30.5 Å². The van der Waals surface area contributed by atoms with Crippen LogP contribution in [0.5, 0.6) is 0 Å². The van der Waals surface area contributed by atoms with Crippen LogP contribution in [-0.2, 0) is 29.2 Å². The molecule has 1 heterocycles. The Balaban J connectivity index is 1.76. The Morgan fingerprint density at radius 1 is 1.00 bits per heavy atom. The predicted molar refractivity (Wildman–Crippen MR) is 103 cm³/mol. The molecule has 3 aromatic rings. The minimum Gasteiger partial charge on any atom is -0.468 e. The Bertz CT molecular complexity index is 877. The van der Waals surface area contributed by atoms with Crippen molar-refractivity contribution in [1.29, 1.82) is 0 Å². The van der Waals surface area contributed by atoms with Crippen molar-refractivity contribution in [3.05, 3.63) is 95.6 Å². The average Bonchev–Trinajstić information content (AvgIpc) is 3.11. The van der Waals surface area contributed by atoms with Crippen LogP contribution in [0.1, 0.15) is 16.8 Å². The fourth-order valence-corrected chi connectivity index (χ4v) is 3.04. The Morgan fingerprint density at radius 2 is 1.74 bits per heavy atom. The second-order valence-electron chi connectivity index (χ2n) is 6.43. The van der Waals surface area contributed by atoms with Crippen LogP contribution in [0.3, 0.4) is 0 Å². The Labute approximate surface area is 158 Å². The predicted octanol–water partition coefficient (Wildman–Crippen LogP) is 3.85. The number of esters is 1. The Morgan fingerprint density at radius 3 is 2.48 bits per heavy atom. The van der Waals surface area contributed by atoms with E-state index in [2.05, 4.69) is 0 Å². The summed E-state index contributed by atoms with van der Waals surface area (Å²) in [6, 6.07) is 20.7. The highest BCUT2D eigenvalue weighted by atomic mass is 19.1. The third-order valence-corrected chi connectivity index (χ3v) is 4.44. The minimum atomic E-state index is -0.279. The first kappa shape index (κ1) is 18.9. The molecule has 2 aromatic carbocycles. The van der Waals surface area contributed by atoms with Crippen molar-refractivity contribution in [2.45, 2.75) is 19.6 Å². The van der Waals surface area contributed by atoms with E-state index in [1.165, 1.54) is 13.2 Å². The molecule has 0 saturated heterocycles. The molecular weight excluding hydrogens is 343 g/mol. The van der Waals surface area contributed by atoms with Crippen molar-refractivity contribution >= 4 is 5.97 Å². The van der Waals surface area contributed by atoms with Crippen molar-refractivity contribution in [3.63, 3.8) is 0 Å². The SMILES string of the molecule is COC(=O)CN(Cc1ccccc1)Cc1cccn1Cc1ccccc1F. The second-order valence-corrected chi connectivity index (χ2v) is 6.43. The summed E-state index contributed by atoms with van der Waals surface area (Å²) in [7, 11) is 1.39. The quantitative estimate of drug-likeness (QED) is 0.568. The number of benzene rings is 2. The summed E-state index contributed by atoms with van der Waals surface area (Å²) >= 11 is 0. The van der Waals surface area contributed by atoms with Gasteiger partial charge in [0.2, 0.25) is 0 Å². The number of ether oxygens (including phenoxy) is 1. The first-order valence-corrected chi connectivity index (χ1v) is 8.86. The van der Waals surface area contributed by atoms with Gasteiger partial charge in [0.1, 0.15) is 5.82 Å². The number of methoxy groups -OCH3 is 1. The molecule has 3 rings (SSSR count). The molecule has 0 fully saturated rings. The van der Waals surface area contributed by atoms with Gasteiger partial charge in [-0.3, -0.25) is 9.69 Å². The van der Waals surface area contributed by atoms with E-state index in [-0.39, 0.29) is 18.3 Å². The van der Waals surface area contributed by atoms with Gasteiger partial charge in [-0.2, -0.15) is 0 Å². The fourth-order valence-electron chi connectivity index (χ4n) is 3.04. The molecular formula is C22H23FN2O2. The summed E-state index contributed by atoms with van der Waals surface area (Å²) in [5.41, 5.74) is 2.77. The highest BCUT2D eigenvalue weighted by Crippen LogP contribution is 2.15. The summed E-state index contributed by atoms with van der Waals surface area (Å²) < 4.78 is 20.8. The summed E-state index contributed by atoms with van der Waals surface area (Å²) in [5.74, 6) is -0.494. The molecule has 4 nitrogen and oxygen atoms in total. The lowest BCUT2D eigenvalue weighted by Crippen LogP contribution is -2.30. The van der Waals surface area contributed by atoms with Crippen LogP contribution in [0.25, 0.3) is 0 Å². The molecule has 0 spiro atoms. The molecule has 0 saturated carbocycles. The van der Waals surface area contributed by atoms with Crippen LogP contribution >= 0.6 is 0 Å². The van der Waals surface area contributed by atoms with Crippen molar-refractivity contribution < 1.29 is 13.9 Å². The van der Waals surface area contributed by atoms with E-state index >= 15 is 0 Å². The molecule has 0 N–H and O–H groups in total. The van der Waals surface area contributed by atoms with Gasteiger partial charge in [0.15, 0.2) is 0 Å². The van der Waals surface area contributed by atoms with Crippen LogP contribution in [0, 0.1) is 5.82 Å². The van der Waals surface area contributed by atoms with E-state index in [1.54, 1.807) is 12.1 Å². The summed E-state index contributed by atoms with van der Waals surface area (Å²) in [6.07, 6.45) is 1.93. The molecule has 0 aliphatic carbocycles. The first-order chi connectivity index (χ1) is 13.2. The number of nitrogens with zero attached hydrogens (tertiary/aromatic N) is 2. The summed E-state index contributed by atoms with van der Waals surface area (Å²) in [4.78, 5) is 13.9. The highest BCUT2D eigenvalue weighted by molar-refractivity contribution is 5.71. The molecule has 5 heteroatoms. The third kappa shape index (κ3) is 5.28. The number of rotatable bonds is 8. The largest absolute Gasteiger partial charge is 0.468 e. The van der Waals surface area contributed by atoms with Crippen molar-refractivity contribution in [1.82, 2.24) is 9.47 Å². The van der Waals surface area contributed by atoms with Gasteiger partial charge < -0.3 is 9.30 Å². The van der Waals surface area contributed by atoms with E-state index in [1.807, 2.05) is 64.2 Å². The smallest absolute Gasteiger partial charge is 0.319 e. The maximum absolute atomic E-state index is 14.0. The Kier molecular flexibility index (Phi) is 6.39. The number of hydrogen-bond donors (Lipinski definition) is 0.